The third-order valence-electron chi connectivity index (χ3n) is 14.3. The van der Waals surface area contributed by atoms with Gasteiger partial charge < -0.3 is 98.0 Å². The van der Waals surface area contributed by atoms with Crippen molar-refractivity contribution in [3.63, 3.8) is 0 Å². The largest absolute Gasteiger partial charge is 0.391 e. The van der Waals surface area contributed by atoms with Crippen LogP contribution in [-0.2, 0) is 59.2 Å². The van der Waals surface area contributed by atoms with Crippen molar-refractivity contribution in [2.75, 3.05) is 45.8 Å². The Kier molecular flexibility index (Phi) is 35.3. The van der Waals surface area contributed by atoms with Crippen molar-refractivity contribution in [1.29, 1.82) is 0 Å². The molecular weight excluding hydrogens is 1100 g/mol. The van der Waals surface area contributed by atoms with Crippen LogP contribution in [-0.4, -0.2) is 182 Å². The van der Waals surface area contributed by atoms with Gasteiger partial charge in [-0.3, -0.25) is 52.7 Å². The molecule has 1 saturated heterocycles. The number of amides is 11. The number of hydrogen-bond donors (Lipinski definition) is 18. The number of nitrogens with one attached hydrogen (secondary N) is 11. The van der Waals surface area contributed by atoms with Crippen molar-refractivity contribution < 1.29 is 57.8 Å². The maximum Gasteiger partial charge on any atom is 0.245 e. The second kappa shape index (κ2) is 40.4. The zero-order valence-corrected chi connectivity index (χ0v) is 50.1. The van der Waals surface area contributed by atoms with Crippen LogP contribution in [0.2, 0.25) is 0 Å². The molecule has 1 heterocycles. The van der Waals surface area contributed by atoms with E-state index in [1.54, 1.807) is 44.2 Å². The first-order valence-electron chi connectivity index (χ1n) is 29.7. The van der Waals surface area contributed by atoms with Crippen LogP contribution in [0.25, 0.3) is 0 Å². The first-order valence-corrected chi connectivity index (χ1v) is 29.7. The standard InChI is InChI=1S/C56H99N17O12/c1-6-33(4)12-10-11-15-45(75)64-37(17-24-58)53(82)73-46(34(5)74)56(85)70-41(21-28-62)50(79)69-42-22-29-63-47(76)36(16-23-57)65-48(77)38(18-25-59)66-49(78)39(19-26-60)68-54(83)43(30-32(2)3)71-55(84)44(31-35-13-8-7-9-14-35)72-51(80)40(20-27-61)67-52(42)81/h7-9,13-14,32-34,36-44,46,74H,6,10-12,15-31,57-62H2,1-5H3,(H,63,76)(H,64,75)(H,65,77)(H,66,78)(H,67,81)(H,68,83)(H,69,79)(H,70,85)(H,71,84)(H,72,80)(H,73,82)/t33-,34+,36-,37-,38-,39-,40-,41-,42-,43-,44+,46-/m0/s1. The Labute approximate surface area is 498 Å². The van der Waals surface area contributed by atoms with Gasteiger partial charge in [-0.15, -0.1) is 0 Å². The van der Waals surface area contributed by atoms with Crippen molar-refractivity contribution in [3.8, 4) is 0 Å². The molecule has 12 atom stereocenters. The molecule has 24 N–H and O–H groups in total. The summed E-state index contributed by atoms with van der Waals surface area (Å²) in [7, 11) is 0. The van der Waals surface area contributed by atoms with E-state index < -0.39 is 138 Å². The molecule has 1 aliphatic heterocycles. The molecule has 0 bridgehead atoms. The zero-order chi connectivity index (χ0) is 63.6. The van der Waals surface area contributed by atoms with Crippen LogP contribution in [0.3, 0.4) is 0 Å². The van der Waals surface area contributed by atoms with Gasteiger partial charge in [0.1, 0.15) is 60.4 Å². The molecule has 0 radical (unpaired) electrons. The summed E-state index contributed by atoms with van der Waals surface area (Å²) >= 11 is 0. The van der Waals surface area contributed by atoms with Gasteiger partial charge in [0.15, 0.2) is 0 Å². The average molecular weight is 1200 g/mol. The van der Waals surface area contributed by atoms with E-state index in [0.29, 0.717) is 17.9 Å². The summed E-state index contributed by atoms with van der Waals surface area (Å²) in [5.41, 5.74) is 35.9. The highest BCUT2D eigenvalue weighted by molar-refractivity contribution is 5.99. The lowest BCUT2D eigenvalue weighted by molar-refractivity contribution is -0.137. The molecule has 1 fully saturated rings. The Hall–Kier alpha value is -6.89. The van der Waals surface area contributed by atoms with E-state index in [2.05, 4.69) is 72.3 Å². The molecule has 1 aliphatic rings. The van der Waals surface area contributed by atoms with Crippen LogP contribution < -0.4 is 92.9 Å². The molecule has 11 amide bonds. The van der Waals surface area contributed by atoms with Crippen molar-refractivity contribution in [1.82, 2.24) is 58.5 Å². The van der Waals surface area contributed by atoms with Crippen LogP contribution in [0.4, 0.5) is 0 Å². The number of benzene rings is 1. The van der Waals surface area contributed by atoms with Crippen LogP contribution in [0, 0.1) is 11.8 Å². The smallest absolute Gasteiger partial charge is 0.245 e. The highest BCUT2D eigenvalue weighted by Gasteiger charge is 2.37. The minimum atomic E-state index is -1.69. The van der Waals surface area contributed by atoms with Gasteiger partial charge in [-0.05, 0) is 121 Å². The van der Waals surface area contributed by atoms with E-state index in [0.717, 1.165) is 19.3 Å². The number of carbonyl (C=O) groups is 11. The second-order valence-corrected chi connectivity index (χ2v) is 22.0. The van der Waals surface area contributed by atoms with Gasteiger partial charge in [0.25, 0.3) is 0 Å². The molecule has 29 heteroatoms. The summed E-state index contributed by atoms with van der Waals surface area (Å²) in [6.45, 7) is 7.92. The van der Waals surface area contributed by atoms with Crippen molar-refractivity contribution in [2.24, 2.45) is 46.2 Å². The predicted molar refractivity (Wildman–Crippen MR) is 318 cm³/mol. The number of rotatable bonds is 30. The number of aliphatic hydroxyl groups excluding tert-OH is 1. The van der Waals surface area contributed by atoms with E-state index in [1.165, 1.54) is 6.92 Å². The fraction of sp³-hybridized carbons (Fsp3) is 0.696. The van der Waals surface area contributed by atoms with Gasteiger partial charge in [0, 0.05) is 19.4 Å². The summed E-state index contributed by atoms with van der Waals surface area (Å²) in [4.78, 5) is 154. The minimum Gasteiger partial charge on any atom is -0.391 e. The molecule has 0 unspecified atom stereocenters. The number of nitrogens with two attached hydrogens (primary N) is 6. The van der Waals surface area contributed by atoms with Gasteiger partial charge in [-0.1, -0.05) is 77.3 Å². The summed E-state index contributed by atoms with van der Waals surface area (Å²) in [6, 6.07) is -5.57. The molecule has 85 heavy (non-hydrogen) atoms. The SMILES string of the molecule is CC[C@H](C)CCCCC(=O)N[C@@H](CCN)C(=O)N[C@H](C(=O)N[C@@H](CCN)C(=O)N[C@H]1CCNC(=O)[C@H](CCN)NC(=O)[C@H](CCN)NC(=O)[C@H](CCN)NC(=O)[C@H](CC(C)C)NC(=O)[C@@H](Cc2ccccc2)NC(=O)[C@H](CCN)NC1=O)[C@@H](C)O. The first kappa shape index (κ1) is 74.2. The van der Waals surface area contributed by atoms with Gasteiger partial charge in [-0.25, -0.2) is 0 Å². The highest BCUT2D eigenvalue weighted by atomic mass is 16.3. The molecular formula is C56H99N17O12. The third kappa shape index (κ3) is 27.4. The number of aliphatic hydroxyl groups is 1. The van der Waals surface area contributed by atoms with Crippen molar-refractivity contribution >= 4 is 65.0 Å². The first-order chi connectivity index (χ1) is 40.5. The molecule has 1 aromatic rings. The Morgan fingerprint density at radius 1 is 0.541 bits per heavy atom. The van der Waals surface area contributed by atoms with Crippen LogP contribution in [0.1, 0.15) is 124 Å². The van der Waals surface area contributed by atoms with E-state index in [1.807, 2.05) is 0 Å². The monoisotopic (exact) mass is 1200 g/mol. The van der Waals surface area contributed by atoms with Gasteiger partial charge >= 0.3 is 0 Å². The summed E-state index contributed by atoms with van der Waals surface area (Å²) in [6.07, 6.45) is 0.653. The highest BCUT2D eigenvalue weighted by Crippen LogP contribution is 2.14. The molecule has 0 saturated carbocycles. The molecule has 1 aromatic carbocycles. The Bertz CT molecular complexity index is 2300. The van der Waals surface area contributed by atoms with E-state index in [9.17, 15) is 57.8 Å². The Balaban J connectivity index is 2.67. The lowest BCUT2D eigenvalue weighted by Gasteiger charge is -2.29. The van der Waals surface area contributed by atoms with Gasteiger partial charge in [0.05, 0.1) is 6.10 Å². The van der Waals surface area contributed by atoms with Gasteiger partial charge in [0.2, 0.25) is 65.0 Å². The summed E-state index contributed by atoms with van der Waals surface area (Å²) in [5.74, 6) is -8.94. The molecule has 480 valence electrons. The lowest BCUT2D eigenvalue weighted by Crippen LogP contribution is -2.62. The summed E-state index contributed by atoms with van der Waals surface area (Å²) in [5, 5.41) is 39.4. The maximum absolute atomic E-state index is 14.6. The molecule has 0 spiro atoms. The van der Waals surface area contributed by atoms with E-state index in [-0.39, 0.29) is 110 Å². The minimum absolute atomic E-state index is 0.00935. The fourth-order valence-electron chi connectivity index (χ4n) is 9.18. The topological polar surface area (TPSA) is 496 Å². The predicted octanol–water partition coefficient (Wildman–Crippen LogP) is -5.28. The van der Waals surface area contributed by atoms with Crippen LogP contribution in [0.5, 0.6) is 0 Å². The number of hydrogen-bond acceptors (Lipinski definition) is 18. The molecule has 0 aliphatic carbocycles. The second-order valence-electron chi connectivity index (χ2n) is 22.0. The van der Waals surface area contributed by atoms with Crippen molar-refractivity contribution in [3.05, 3.63) is 35.9 Å². The Morgan fingerprint density at radius 2 is 1.00 bits per heavy atom. The fourth-order valence-corrected chi connectivity index (χ4v) is 9.18. The van der Waals surface area contributed by atoms with Gasteiger partial charge in [-0.2, -0.15) is 0 Å². The quantitative estimate of drug-likeness (QED) is 0.0320. The van der Waals surface area contributed by atoms with Crippen LogP contribution in [0.15, 0.2) is 30.3 Å². The maximum atomic E-state index is 14.6. The molecule has 0 aromatic heterocycles. The third-order valence-corrected chi connectivity index (χ3v) is 14.3. The van der Waals surface area contributed by atoms with Crippen LogP contribution >= 0.6 is 0 Å². The van der Waals surface area contributed by atoms with Crippen molar-refractivity contribution in [2.45, 2.75) is 191 Å². The summed E-state index contributed by atoms with van der Waals surface area (Å²) < 4.78 is 0. The Morgan fingerprint density at radius 3 is 1.48 bits per heavy atom. The van der Waals surface area contributed by atoms with E-state index >= 15 is 0 Å². The number of unbranched alkanes of at least 4 members (excludes halogenated alkanes) is 1. The molecule has 29 nitrogen and oxygen atoms in total. The molecule has 2 rings (SSSR count). The average Bonchev–Trinajstić information content (AvgIpc) is 3.67. The lowest BCUT2D eigenvalue weighted by atomic mass is 10.00. The van der Waals surface area contributed by atoms with E-state index in [4.69, 9.17) is 34.4 Å². The normalized spacial score (nSPS) is 22.5. The zero-order valence-electron chi connectivity index (χ0n) is 50.1. The number of carbonyl (C=O) groups excluding carboxylic acids is 11.